The van der Waals surface area contributed by atoms with Crippen molar-refractivity contribution in [1.29, 1.82) is 0 Å². The van der Waals surface area contributed by atoms with Crippen LogP contribution in [0.5, 0.6) is 5.75 Å². The van der Waals surface area contributed by atoms with Crippen molar-refractivity contribution in [3.8, 4) is 5.75 Å². The number of nitro groups is 1. The Kier molecular flexibility index (Phi) is 4.33. The second kappa shape index (κ2) is 6.37. The zero-order valence-electron chi connectivity index (χ0n) is 10.7. The van der Waals surface area contributed by atoms with Gasteiger partial charge in [-0.1, -0.05) is 18.2 Å². The topological polar surface area (TPSA) is 103 Å². The third kappa shape index (κ3) is 3.58. The summed E-state index contributed by atoms with van der Waals surface area (Å²) in [6, 6.07) is 12.3. The molecule has 7 nitrogen and oxygen atoms in total. The molecule has 0 amide bonds. The summed E-state index contributed by atoms with van der Waals surface area (Å²) >= 11 is 0. The summed E-state index contributed by atoms with van der Waals surface area (Å²) in [6.45, 7) is 0.960. The monoisotopic (exact) mass is 274 g/mol. The van der Waals surface area contributed by atoms with Crippen LogP contribution in [0.2, 0.25) is 0 Å². The van der Waals surface area contributed by atoms with Gasteiger partial charge in [0.15, 0.2) is 0 Å². The molecule has 0 unspecified atom stereocenters. The quantitative estimate of drug-likeness (QED) is 0.474. The van der Waals surface area contributed by atoms with E-state index in [4.69, 9.17) is 10.5 Å². The molecule has 0 aliphatic heterocycles. The fraction of sp³-hybridized carbons (Fsp3) is 0.154. The van der Waals surface area contributed by atoms with Gasteiger partial charge in [0.05, 0.1) is 11.5 Å². The van der Waals surface area contributed by atoms with Crippen LogP contribution in [-0.2, 0) is 0 Å². The molecule has 1 aromatic carbocycles. The van der Waals surface area contributed by atoms with E-state index < -0.39 is 4.92 Å². The highest BCUT2D eigenvalue weighted by Gasteiger charge is 2.12. The maximum atomic E-state index is 10.6. The predicted octanol–water partition coefficient (Wildman–Crippen LogP) is 2.06. The number of benzene rings is 1. The number of para-hydroxylation sites is 1. The maximum Gasteiger partial charge on any atom is 0.311 e. The molecule has 0 saturated heterocycles. The van der Waals surface area contributed by atoms with Crippen LogP contribution in [0.25, 0.3) is 0 Å². The van der Waals surface area contributed by atoms with E-state index in [1.807, 2.05) is 30.3 Å². The summed E-state index contributed by atoms with van der Waals surface area (Å²) in [7, 11) is 0. The van der Waals surface area contributed by atoms with Crippen LogP contribution in [-0.4, -0.2) is 23.1 Å². The first kappa shape index (κ1) is 13.6. The van der Waals surface area contributed by atoms with Crippen molar-refractivity contribution >= 4 is 17.3 Å². The largest absolute Gasteiger partial charge is 0.492 e. The van der Waals surface area contributed by atoms with Gasteiger partial charge >= 0.3 is 5.69 Å². The van der Waals surface area contributed by atoms with E-state index in [0.29, 0.717) is 19.0 Å². The van der Waals surface area contributed by atoms with E-state index in [9.17, 15) is 10.1 Å². The highest BCUT2D eigenvalue weighted by Crippen LogP contribution is 2.20. The molecule has 1 heterocycles. The lowest BCUT2D eigenvalue weighted by molar-refractivity contribution is -0.384. The smallest absolute Gasteiger partial charge is 0.311 e. The van der Waals surface area contributed by atoms with Crippen LogP contribution < -0.4 is 15.8 Å². The average Bonchev–Trinajstić information content (AvgIpc) is 2.44. The molecular weight excluding hydrogens is 260 g/mol. The molecule has 2 aromatic rings. The van der Waals surface area contributed by atoms with E-state index in [-0.39, 0.29) is 11.5 Å². The minimum atomic E-state index is -0.565. The molecule has 0 atom stereocenters. The van der Waals surface area contributed by atoms with Crippen molar-refractivity contribution < 1.29 is 9.66 Å². The molecule has 0 fully saturated rings. The SMILES string of the molecule is Nc1nc(NCCOc2ccccc2)ccc1[N+](=O)[O-]. The van der Waals surface area contributed by atoms with Crippen molar-refractivity contribution in [1.82, 2.24) is 4.98 Å². The molecule has 0 aliphatic rings. The second-order valence-electron chi connectivity index (χ2n) is 3.95. The highest BCUT2D eigenvalue weighted by atomic mass is 16.6. The van der Waals surface area contributed by atoms with E-state index in [0.717, 1.165) is 5.75 Å². The normalized spacial score (nSPS) is 10.0. The summed E-state index contributed by atoms with van der Waals surface area (Å²) in [4.78, 5) is 13.9. The number of aromatic nitrogens is 1. The lowest BCUT2D eigenvalue weighted by Gasteiger charge is -2.08. The minimum absolute atomic E-state index is 0.107. The van der Waals surface area contributed by atoms with Gasteiger partial charge in [-0.05, 0) is 18.2 Å². The molecule has 104 valence electrons. The Morgan fingerprint density at radius 1 is 1.25 bits per heavy atom. The number of nitrogens with one attached hydrogen (secondary N) is 1. The van der Waals surface area contributed by atoms with Crippen LogP contribution >= 0.6 is 0 Å². The number of nitrogen functional groups attached to an aromatic ring is 1. The Bertz CT molecular complexity index is 589. The van der Waals surface area contributed by atoms with Crippen LogP contribution in [0.1, 0.15) is 0 Å². The molecule has 0 radical (unpaired) electrons. The average molecular weight is 274 g/mol. The summed E-state index contributed by atoms with van der Waals surface area (Å²) in [5.74, 6) is 1.15. The summed E-state index contributed by atoms with van der Waals surface area (Å²) in [5, 5.41) is 13.6. The Morgan fingerprint density at radius 2 is 2.00 bits per heavy atom. The number of rotatable bonds is 6. The zero-order valence-corrected chi connectivity index (χ0v) is 10.7. The van der Waals surface area contributed by atoms with Gasteiger partial charge in [-0.15, -0.1) is 0 Å². The number of pyridine rings is 1. The molecule has 7 heteroatoms. The second-order valence-corrected chi connectivity index (χ2v) is 3.95. The first-order valence-electron chi connectivity index (χ1n) is 5.99. The lowest BCUT2D eigenvalue weighted by atomic mass is 10.3. The van der Waals surface area contributed by atoms with Crippen LogP contribution in [0.3, 0.4) is 0 Å². The van der Waals surface area contributed by atoms with Crippen LogP contribution in [0, 0.1) is 10.1 Å². The molecule has 0 spiro atoms. The molecular formula is C13H14N4O3. The van der Waals surface area contributed by atoms with Crippen molar-refractivity contribution in [2.45, 2.75) is 0 Å². The summed E-state index contributed by atoms with van der Waals surface area (Å²) in [5.41, 5.74) is 5.30. The number of hydrogen-bond donors (Lipinski definition) is 2. The highest BCUT2D eigenvalue weighted by molar-refractivity contribution is 5.57. The predicted molar refractivity (Wildman–Crippen MR) is 75.7 cm³/mol. The minimum Gasteiger partial charge on any atom is -0.492 e. The number of hydrogen-bond acceptors (Lipinski definition) is 6. The lowest BCUT2D eigenvalue weighted by Crippen LogP contribution is -2.13. The van der Waals surface area contributed by atoms with Crippen LogP contribution in [0.15, 0.2) is 42.5 Å². The van der Waals surface area contributed by atoms with E-state index in [2.05, 4.69) is 10.3 Å². The summed E-state index contributed by atoms with van der Waals surface area (Å²) in [6.07, 6.45) is 0. The number of nitrogens with zero attached hydrogens (tertiary/aromatic N) is 2. The van der Waals surface area contributed by atoms with Gasteiger partial charge in [0.2, 0.25) is 5.82 Å². The molecule has 1 aromatic heterocycles. The third-order valence-electron chi connectivity index (χ3n) is 2.52. The Morgan fingerprint density at radius 3 is 2.65 bits per heavy atom. The Labute approximate surface area is 115 Å². The van der Waals surface area contributed by atoms with Crippen molar-refractivity contribution in [2.24, 2.45) is 0 Å². The van der Waals surface area contributed by atoms with Gasteiger partial charge in [0.25, 0.3) is 0 Å². The van der Waals surface area contributed by atoms with Gasteiger partial charge < -0.3 is 15.8 Å². The zero-order chi connectivity index (χ0) is 14.4. The van der Waals surface area contributed by atoms with Crippen molar-refractivity contribution in [2.75, 3.05) is 24.2 Å². The fourth-order valence-electron chi connectivity index (χ4n) is 1.59. The third-order valence-corrected chi connectivity index (χ3v) is 2.52. The molecule has 0 saturated carbocycles. The molecule has 3 N–H and O–H groups in total. The van der Waals surface area contributed by atoms with Gasteiger partial charge in [0.1, 0.15) is 18.2 Å². The first-order chi connectivity index (χ1) is 9.66. The number of ether oxygens (including phenoxy) is 1. The number of nitrogens with two attached hydrogens (primary N) is 1. The Hall–Kier alpha value is -2.83. The van der Waals surface area contributed by atoms with Crippen molar-refractivity contribution in [3.63, 3.8) is 0 Å². The van der Waals surface area contributed by atoms with Crippen LogP contribution in [0.4, 0.5) is 17.3 Å². The molecule has 20 heavy (non-hydrogen) atoms. The standard InChI is InChI=1S/C13H14N4O3/c14-13-11(17(18)19)6-7-12(16-13)15-8-9-20-10-4-2-1-3-5-10/h1-7H,8-9H2,(H3,14,15,16). The number of anilines is 2. The maximum absolute atomic E-state index is 10.6. The van der Waals surface area contributed by atoms with Gasteiger partial charge in [-0.2, -0.15) is 0 Å². The van der Waals surface area contributed by atoms with E-state index in [1.54, 1.807) is 0 Å². The van der Waals surface area contributed by atoms with Crippen molar-refractivity contribution in [3.05, 3.63) is 52.6 Å². The van der Waals surface area contributed by atoms with E-state index >= 15 is 0 Å². The van der Waals surface area contributed by atoms with Gasteiger partial charge in [-0.3, -0.25) is 10.1 Å². The fourth-order valence-corrected chi connectivity index (χ4v) is 1.59. The summed E-state index contributed by atoms with van der Waals surface area (Å²) < 4.78 is 5.49. The Balaban J connectivity index is 1.83. The van der Waals surface area contributed by atoms with Gasteiger partial charge in [0, 0.05) is 6.07 Å². The first-order valence-corrected chi connectivity index (χ1v) is 5.99. The molecule has 0 bridgehead atoms. The molecule has 0 aliphatic carbocycles. The molecule has 2 rings (SSSR count). The van der Waals surface area contributed by atoms with Gasteiger partial charge in [-0.25, -0.2) is 4.98 Å². The van der Waals surface area contributed by atoms with E-state index in [1.165, 1.54) is 12.1 Å².